The Morgan fingerprint density at radius 1 is 0.516 bits per heavy atom. The summed E-state index contributed by atoms with van der Waals surface area (Å²) in [5.41, 5.74) is 10.2. The Labute approximate surface area is 185 Å². The fourth-order valence-corrected chi connectivity index (χ4v) is 4.96. The van der Waals surface area contributed by atoms with Crippen molar-refractivity contribution in [2.24, 2.45) is 0 Å². The van der Waals surface area contributed by atoms with Crippen LogP contribution < -0.4 is 0 Å². The minimum Gasteiger partial charge on any atom is -0.192 e. The summed E-state index contributed by atoms with van der Waals surface area (Å²) in [7, 11) is 0. The van der Waals surface area contributed by atoms with Crippen molar-refractivity contribution < 1.29 is 0 Å². The minimum atomic E-state index is 0.666. The largest absolute Gasteiger partial charge is 0.192 e. The predicted octanol–water partition coefficient (Wildman–Crippen LogP) is 8.35. The molecule has 0 spiro atoms. The average molecular weight is 414 g/mol. The minimum absolute atomic E-state index is 0.666. The topological polar surface area (TPSA) is 23.8 Å². The fourth-order valence-electron chi connectivity index (χ4n) is 4.70. The first-order valence-electron chi connectivity index (χ1n) is 10.2. The molecule has 1 aliphatic rings. The van der Waals surface area contributed by atoms with Crippen LogP contribution in [0.5, 0.6) is 0 Å². The Morgan fingerprint density at radius 2 is 1.16 bits per heavy atom. The maximum Gasteiger partial charge on any atom is 0.0991 e. The number of nitriles is 1. The molecular formula is C29H16ClN. The van der Waals surface area contributed by atoms with Crippen molar-refractivity contribution in [2.75, 3.05) is 0 Å². The summed E-state index contributed by atoms with van der Waals surface area (Å²) in [5.74, 6) is 0. The van der Waals surface area contributed by atoms with Crippen LogP contribution in [0.4, 0.5) is 0 Å². The van der Waals surface area contributed by atoms with Crippen LogP contribution in [0.1, 0.15) is 5.56 Å². The van der Waals surface area contributed by atoms with Crippen LogP contribution in [0.25, 0.3) is 55.3 Å². The van der Waals surface area contributed by atoms with Crippen LogP contribution in [0.2, 0.25) is 5.02 Å². The fraction of sp³-hybridized carbons (Fsp3) is 0. The van der Waals surface area contributed by atoms with Crippen LogP contribution >= 0.6 is 11.6 Å². The Bertz CT molecular complexity index is 1510. The third-order valence-electron chi connectivity index (χ3n) is 6.14. The summed E-state index contributed by atoms with van der Waals surface area (Å²) in [4.78, 5) is 0. The molecule has 0 amide bonds. The molecule has 0 fully saturated rings. The molecule has 2 heteroatoms. The zero-order valence-electron chi connectivity index (χ0n) is 16.6. The highest BCUT2D eigenvalue weighted by atomic mass is 35.5. The molecule has 0 heterocycles. The van der Waals surface area contributed by atoms with E-state index >= 15 is 0 Å². The standard InChI is InChI=1S/C29H16ClN/c30-27-15-14-26-24-7-2-1-6-23(24)25-13-12-22(29(27)28(25)26)21-5-3-4-20(16-21)19-10-8-18(17-31)9-11-19/h1-16H. The van der Waals surface area contributed by atoms with Crippen LogP contribution in [-0.2, 0) is 0 Å². The van der Waals surface area contributed by atoms with E-state index in [4.69, 9.17) is 16.9 Å². The Morgan fingerprint density at radius 3 is 1.87 bits per heavy atom. The number of nitrogens with zero attached hydrogens (tertiary/aromatic N) is 1. The smallest absolute Gasteiger partial charge is 0.0991 e. The van der Waals surface area contributed by atoms with Gasteiger partial charge in [0, 0.05) is 10.4 Å². The number of rotatable bonds is 2. The molecule has 1 nitrogen and oxygen atoms in total. The molecule has 0 atom stereocenters. The Hall–Kier alpha value is -3.86. The van der Waals surface area contributed by atoms with E-state index in [9.17, 15) is 0 Å². The van der Waals surface area contributed by atoms with Gasteiger partial charge in [-0.25, -0.2) is 0 Å². The molecule has 0 saturated carbocycles. The lowest BCUT2D eigenvalue weighted by Crippen LogP contribution is -1.86. The van der Waals surface area contributed by atoms with E-state index in [2.05, 4.69) is 72.8 Å². The van der Waals surface area contributed by atoms with Crippen LogP contribution in [-0.4, -0.2) is 0 Å². The monoisotopic (exact) mass is 413 g/mol. The maximum absolute atomic E-state index is 9.07. The molecule has 0 unspecified atom stereocenters. The van der Waals surface area contributed by atoms with Crippen molar-refractivity contribution in [3.8, 4) is 50.6 Å². The normalized spacial score (nSPS) is 11.4. The van der Waals surface area contributed by atoms with Gasteiger partial charge in [0.05, 0.1) is 11.6 Å². The molecule has 31 heavy (non-hydrogen) atoms. The third kappa shape index (κ3) is 2.70. The summed E-state index contributed by atoms with van der Waals surface area (Å²) >= 11 is 6.79. The van der Waals surface area contributed by atoms with E-state index in [-0.39, 0.29) is 0 Å². The van der Waals surface area contributed by atoms with Gasteiger partial charge in [-0.15, -0.1) is 0 Å². The highest BCUT2D eigenvalue weighted by molar-refractivity contribution is 6.39. The molecule has 0 aromatic heterocycles. The van der Waals surface area contributed by atoms with Crippen molar-refractivity contribution in [3.05, 3.63) is 108 Å². The van der Waals surface area contributed by atoms with Crippen molar-refractivity contribution in [3.63, 3.8) is 0 Å². The predicted molar refractivity (Wildman–Crippen MR) is 129 cm³/mol. The van der Waals surface area contributed by atoms with Crippen molar-refractivity contribution >= 4 is 22.4 Å². The molecule has 1 aliphatic carbocycles. The van der Waals surface area contributed by atoms with Gasteiger partial charge in [-0.3, -0.25) is 0 Å². The van der Waals surface area contributed by atoms with Crippen molar-refractivity contribution in [1.29, 1.82) is 5.26 Å². The summed E-state index contributed by atoms with van der Waals surface area (Å²) < 4.78 is 0. The number of benzene rings is 5. The van der Waals surface area contributed by atoms with E-state index in [1.165, 1.54) is 27.6 Å². The lowest BCUT2D eigenvalue weighted by Gasteiger charge is -2.13. The van der Waals surface area contributed by atoms with E-state index in [1.54, 1.807) is 0 Å². The Kier molecular flexibility index (Phi) is 3.96. The molecule has 0 radical (unpaired) electrons. The number of hydrogen-bond acceptors (Lipinski definition) is 1. The summed E-state index contributed by atoms with van der Waals surface area (Å²) in [5, 5.41) is 12.2. The molecular weight excluding hydrogens is 398 g/mol. The van der Waals surface area contributed by atoms with E-state index in [1.807, 2.05) is 30.3 Å². The lowest BCUT2D eigenvalue weighted by atomic mass is 9.92. The second-order valence-electron chi connectivity index (χ2n) is 7.82. The first-order valence-corrected chi connectivity index (χ1v) is 10.6. The zero-order valence-corrected chi connectivity index (χ0v) is 17.3. The highest BCUT2D eigenvalue weighted by Gasteiger charge is 2.23. The summed E-state index contributed by atoms with van der Waals surface area (Å²) in [6, 6.07) is 35.5. The van der Waals surface area contributed by atoms with Gasteiger partial charge >= 0.3 is 0 Å². The van der Waals surface area contributed by atoms with Crippen molar-refractivity contribution in [1.82, 2.24) is 0 Å². The van der Waals surface area contributed by atoms with Crippen LogP contribution in [0, 0.1) is 11.3 Å². The molecule has 0 N–H and O–H groups in total. The van der Waals surface area contributed by atoms with Crippen LogP contribution in [0.15, 0.2) is 97.1 Å². The zero-order chi connectivity index (χ0) is 20.9. The van der Waals surface area contributed by atoms with Gasteiger partial charge < -0.3 is 0 Å². The molecule has 0 aliphatic heterocycles. The second-order valence-corrected chi connectivity index (χ2v) is 8.23. The Balaban J connectivity index is 1.57. The molecule has 5 aromatic rings. The van der Waals surface area contributed by atoms with Crippen LogP contribution in [0.3, 0.4) is 0 Å². The van der Waals surface area contributed by atoms with Gasteiger partial charge in [0.25, 0.3) is 0 Å². The third-order valence-corrected chi connectivity index (χ3v) is 6.45. The second kappa shape index (κ2) is 6.84. The average Bonchev–Trinajstić information content (AvgIpc) is 3.16. The van der Waals surface area contributed by atoms with Gasteiger partial charge in [0.1, 0.15) is 0 Å². The van der Waals surface area contributed by atoms with E-state index < -0.39 is 0 Å². The first kappa shape index (κ1) is 18.0. The molecule has 6 rings (SSSR count). The van der Waals surface area contributed by atoms with E-state index in [0.29, 0.717) is 5.56 Å². The first-order chi connectivity index (χ1) is 15.2. The maximum atomic E-state index is 9.07. The van der Waals surface area contributed by atoms with E-state index in [0.717, 1.165) is 32.7 Å². The molecule has 5 aromatic carbocycles. The van der Waals surface area contributed by atoms with Gasteiger partial charge in [0.15, 0.2) is 0 Å². The number of hydrogen-bond donors (Lipinski definition) is 0. The molecule has 0 bridgehead atoms. The number of halogens is 1. The summed E-state index contributed by atoms with van der Waals surface area (Å²) in [6.45, 7) is 0. The number of fused-ring (bicyclic) bond motifs is 3. The molecule has 0 saturated heterocycles. The summed E-state index contributed by atoms with van der Waals surface area (Å²) in [6.07, 6.45) is 0. The van der Waals surface area contributed by atoms with Gasteiger partial charge in [-0.1, -0.05) is 84.4 Å². The quantitative estimate of drug-likeness (QED) is 0.280. The van der Waals surface area contributed by atoms with Crippen molar-refractivity contribution in [2.45, 2.75) is 0 Å². The van der Waals surface area contributed by atoms with Gasteiger partial charge in [0.2, 0.25) is 0 Å². The SMILES string of the molecule is N#Cc1ccc(-c2cccc(-c3ccc4c5c(ccc(Cl)c35)-c3ccccc3-4)c2)cc1. The lowest BCUT2D eigenvalue weighted by molar-refractivity contribution is 1.48. The molecule has 144 valence electrons. The van der Waals surface area contributed by atoms with Gasteiger partial charge in [-0.05, 0) is 74.2 Å². The highest BCUT2D eigenvalue weighted by Crippen LogP contribution is 2.51. The van der Waals surface area contributed by atoms with Gasteiger partial charge in [-0.2, -0.15) is 5.26 Å².